The topological polar surface area (TPSA) is 42.4 Å². The molecule has 1 atom stereocenters. The Balaban J connectivity index is 2.89. The monoisotopic (exact) mass is 271 g/mol. The van der Waals surface area contributed by atoms with Crippen molar-refractivity contribution >= 4 is 8.32 Å². The summed E-state index contributed by atoms with van der Waals surface area (Å²) in [5.74, 6) is -0.386. The summed E-state index contributed by atoms with van der Waals surface area (Å²) < 4.78 is 18.9. The molecule has 18 heavy (non-hydrogen) atoms. The molecular weight excluding hydrogens is 249 g/mol. The van der Waals surface area contributed by atoms with Crippen LogP contribution in [0.25, 0.3) is 0 Å². The minimum atomic E-state index is -1.98. The average molecular weight is 271 g/mol. The van der Waals surface area contributed by atoms with E-state index in [0.29, 0.717) is 5.69 Å². The number of aliphatic hydroxyl groups excluding tert-OH is 1. The quantitative estimate of drug-likeness (QED) is 0.855. The number of pyridine rings is 1. The van der Waals surface area contributed by atoms with Crippen LogP contribution >= 0.6 is 0 Å². The van der Waals surface area contributed by atoms with E-state index in [1.54, 1.807) is 6.07 Å². The summed E-state index contributed by atoms with van der Waals surface area (Å²) in [4.78, 5) is 3.98. The van der Waals surface area contributed by atoms with Gasteiger partial charge < -0.3 is 9.53 Å². The molecule has 5 heteroatoms. The van der Waals surface area contributed by atoms with E-state index in [1.807, 2.05) is 0 Å². The molecule has 0 spiro atoms. The Kier molecular flexibility index (Phi) is 4.64. The van der Waals surface area contributed by atoms with E-state index < -0.39 is 14.4 Å². The largest absolute Gasteiger partial charge is 0.406 e. The molecule has 1 aromatic heterocycles. The van der Waals surface area contributed by atoms with Crippen LogP contribution in [0.3, 0.4) is 0 Å². The first-order valence-corrected chi connectivity index (χ1v) is 8.98. The third-order valence-electron chi connectivity index (χ3n) is 3.49. The minimum Gasteiger partial charge on any atom is -0.406 e. The van der Waals surface area contributed by atoms with Crippen molar-refractivity contribution in [3.63, 3.8) is 0 Å². The molecule has 0 aliphatic carbocycles. The van der Waals surface area contributed by atoms with Crippen LogP contribution in [0.4, 0.5) is 4.39 Å². The van der Waals surface area contributed by atoms with Gasteiger partial charge in [-0.25, -0.2) is 4.39 Å². The van der Waals surface area contributed by atoms with Crippen molar-refractivity contribution in [3.05, 3.63) is 29.8 Å². The Labute approximate surface area is 109 Å². The smallest absolute Gasteiger partial charge is 0.193 e. The number of hydrogen-bond acceptors (Lipinski definition) is 3. The summed E-state index contributed by atoms with van der Waals surface area (Å²) in [5, 5.41) is 9.50. The van der Waals surface area contributed by atoms with E-state index in [0.717, 1.165) is 6.20 Å². The van der Waals surface area contributed by atoms with E-state index in [9.17, 15) is 9.50 Å². The van der Waals surface area contributed by atoms with Crippen LogP contribution < -0.4 is 0 Å². The van der Waals surface area contributed by atoms with Crippen LogP contribution in [0, 0.1) is 5.82 Å². The lowest BCUT2D eigenvalue weighted by Gasteiger charge is -2.38. The van der Waals surface area contributed by atoms with Crippen LogP contribution in [0.15, 0.2) is 18.3 Å². The van der Waals surface area contributed by atoms with E-state index >= 15 is 0 Å². The molecule has 0 radical (unpaired) electrons. The van der Waals surface area contributed by atoms with Crippen molar-refractivity contribution in [2.45, 2.75) is 45.0 Å². The lowest BCUT2D eigenvalue weighted by atomic mass is 10.2. The lowest BCUT2D eigenvalue weighted by Crippen LogP contribution is -2.42. The highest BCUT2D eigenvalue weighted by atomic mass is 28.4. The van der Waals surface area contributed by atoms with Gasteiger partial charge in [-0.3, -0.25) is 4.98 Å². The number of hydrogen-bond donors (Lipinski definition) is 1. The van der Waals surface area contributed by atoms with Gasteiger partial charge in [-0.1, -0.05) is 20.8 Å². The second kappa shape index (κ2) is 5.46. The molecule has 0 saturated heterocycles. The zero-order valence-electron chi connectivity index (χ0n) is 11.7. The highest BCUT2D eigenvalue weighted by Crippen LogP contribution is 2.39. The standard InChI is InChI=1S/C13H22FNO2Si/c1-13(2,3)18(4,5)17-12(9-16)11-7-6-10(14)8-15-11/h6-8,12,16H,9H2,1-5H3/t12-/m1/s1. The van der Waals surface area contributed by atoms with Crippen molar-refractivity contribution in [2.75, 3.05) is 6.61 Å². The average Bonchev–Trinajstić information content (AvgIpc) is 2.25. The molecule has 1 rings (SSSR count). The highest BCUT2D eigenvalue weighted by molar-refractivity contribution is 6.74. The van der Waals surface area contributed by atoms with E-state index in [2.05, 4.69) is 38.8 Å². The SMILES string of the molecule is CC(C)(C)[Si](C)(C)O[C@H](CO)c1ccc(F)cn1. The third kappa shape index (κ3) is 3.60. The van der Waals surface area contributed by atoms with Gasteiger partial charge in [0.15, 0.2) is 8.32 Å². The van der Waals surface area contributed by atoms with E-state index in [4.69, 9.17) is 4.43 Å². The first-order chi connectivity index (χ1) is 8.17. The summed E-state index contributed by atoms with van der Waals surface area (Å²) in [6.45, 7) is 10.5. The Morgan fingerprint density at radius 1 is 1.39 bits per heavy atom. The molecule has 3 nitrogen and oxygen atoms in total. The van der Waals surface area contributed by atoms with Crippen molar-refractivity contribution in [1.82, 2.24) is 4.98 Å². The molecule has 0 aliphatic rings. The van der Waals surface area contributed by atoms with Crippen LogP contribution in [0.1, 0.15) is 32.6 Å². The minimum absolute atomic E-state index is 0.0560. The molecule has 1 N–H and O–H groups in total. The molecule has 102 valence electrons. The predicted molar refractivity (Wildman–Crippen MR) is 72.3 cm³/mol. The third-order valence-corrected chi connectivity index (χ3v) is 7.98. The molecule has 0 saturated carbocycles. The van der Waals surface area contributed by atoms with Crippen LogP contribution in [-0.4, -0.2) is 25.0 Å². The fourth-order valence-corrected chi connectivity index (χ4v) is 2.56. The van der Waals surface area contributed by atoms with Gasteiger partial charge in [0.1, 0.15) is 11.9 Å². The summed E-state index contributed by atoms with van der Waals surface area (Å²) >= 11 is 0. The maximum atomic E-state index is 12.8. The predicted octanol–water partition coefficient (Wildman–Crippen LogP) is 3.28. The fraction of sp³-hybridized carbons (Fsp3) is 0.615. The van der Waals surface area contributed by atoms with Gasteiger partial charge in [0.25, 0.3) is 0 Å². The van der Waals surface area contributed by atoms with Gasteiger partial charge in [0.05, 0.1) is 18.5 Å². The van der Waals surface area contributed by atoms with Gasteiger partial charge in [-0.05, 0) is 30.3 Å². The van der Waals surface area contributed by atoms with Crippen LogP contribution in [0.2, 0.25) is 18.1 Å². The Hall–Kier alpha value is -0.783. The Morgan fingerprint density at radius 3 is 2.39 bits per heavy atom. The first-order valence-electron chi connectivity index (χ1n) is 6.07. The summed E-state index contributed by atoms with van der Waals surface area (Å²) in [7, 11) is -1.98. The highest BCUT2D eigenvalue weighted by Gasteiger charge is 2.39. The first kappa shape index (κ1) is 15.3. The Bertz CT molecular complexity index is 387. The summed E-state index contributed by atoms with van der Waals surface area (Å²) in [6.07, 6.45) is 0.666. The molecule has 0 unspecified atom stereocenters. The number of halogens is 1. The second-order valence-electron chi connectivity index (χ2n) is 5.95. The number of nitrogens with zero attached hydrogens (tertiary/aromatic N) is 1. The normalized spacial score (nSPS) is 14.6. The molecule has 0 aromatic carbocycles. The van der Waals surface area contributed by atoms with Gasteiger partial charge in [-0.2, -0.15) is 0 Å². The molecule has 0 aliphatic heterocycles. The maximum Gasteiger partial charge on any atom is 0.193 e. The van der Waals surface area contributed by atoms with Crippen molar-refractivity contribution in [3.8, 4) is 0 Å². The second-order valence-corrected chi connectivity index (χ2v) is 10.7. The molecular formula is C13H22FNO2Si. The van der Waals surface area contributed by atoms with Crippen molar-refractivity contribution in [2.24, 2.45) is 0 Å². The number of rotatable bonds is 4. The van der Waals surface area contributed by atoms with E-state index in [1.165, 1.54) is 6.07 Å². The van der Waals surface area contributed by atoms with Gasteiger partial charge in [0, 0.05) is 0 Å². The molecule has 0 amide bonds. The van der Waals surface area contributed by atoms with Gasteiger partial charge in [-0.15, -0.1) is 0 Å². The number of aromatic nitrogens is 1. The fourth-order valence-electron chi connectivity index (χ4n) is 1.30. The molecule has 1 aromatic rings. The van der Waals surface area contributed by atoms with Crippen molar-refractivity contribution in [1.29, 1.82) is 0 Å². The van der Waals surface area contributed by atoms with Crippen molar-refractivity contribution < 1.29 is 13.9 Å². The lowest BCUT2D eigenvalue weighted by molar-refractivity contribution is 0.0999. The van der Waals surface area contributed by atoms with E-state index in [-0.39, 0.29) is 17.5 Å². The maximum absolute atomic E-state index is 12.8. The Morgan fingerprint density at radius 2 is 2.00 bits per heavy atom. The summed E-state index contributed by atoms with van der Waals surface area (Å²) in [5.41, 5.74) is 0.573. The molecule has 0 bridgehead atoms. The van der Waals surface area contributed by atoms with Crippen LogP contribution in [-0.2, 0) is 4.43 Å². The number of aliphatic hydroxyl groups is 1. The molecule has 1 heterocycles. The zero-order valence-corrected chi connectivity index (χ0v) is 12.7. The van der Waals surface area contributed by atoms with Gasteiger partial charge >= 0.3 is 0 Å². The zero-order chi connectivity index (χ0) is 14.0. The molecule has 0 fully saturated rings. The van der Waals surface area contributed by atoms with Crippen LogP contribution in [0.5, 0.6) is 0 Å². The van der Waals surface area contributed by atoms with Gasteiger partial charge in [0.2, 0.25) is 0 Å². The summed E-state index contributed by atoms with van der Waals surface area (Å²) in [6, 6.07) is 2.89.